The summed E-state index contributed by atoms with van der Waals surface area (Å²) < 4.78 is 14.1. The van der Waals surface area contributed by atoms with E-state index in [2.05, 4.69) is 19.9 Å². The minimum Gasteiger partial charge on any atom is -0.384 e. The highest BCUT2D eigenvalue weighted by Crippen LogP contribution is 2.31. The standard InChI is InChI=1S/C15H9FN6/c16-10-2-7(5-17)1-8-3-11(21-13(8)10)9-4-12(18)22-15-14(9)19-6-20-15/h1-4,6,21H,(H3,18,19,20,22). The van der Waals surface area contributed by atoms with E-state index in [1.165, 1.54) is 12.4 Å². The number of halogens is 1. The van der Waals surface area contributed by atoms with Gasteiger partial charge in [0.1, 0.15) is 17.2 Å². The summed E-state index contributed by atoms with van der Waals surface area (Å²) in [6, 6.07) is 8.22. The average molecular weight is 292 g/mol. The van der Waals surface area contributed by atoms with E-state index in [1.807, 2.05) is 6.07 Å². The van der Waals surface area contributed by atoms with Gasteiger partial charge >= 0.3 is 0 Å². The molecule has 4 rings (SSSR count). The fourth-order valence-corrected chi connectivity index (χ4v) is 2.56. The minimum absolute atomic E-state index is 0.273. The van der Waals surface area contributed by atoms with Crippen LogP contribution in [0.4, 0.5) is 10.2 Å². The zero-order chi connectivity index (χ0) is 15.3. The molecule has 106 valence electrons. The van der Waals surface area contributed by atoms with Gasteiger partial charge in [0.15, 0.2) is 5.65 Å². The zero-order valence-corrected chi connectivity index (χ0v) is 11.2. The Labute approximate surface area is 123 Å². The molecule has 0 aliphatic heterocycles. The molecular weight excluding hydrogens is 283 g/mol. The Balaban J connectivity index is 2.03. The number of nitrogen functional groups attached to an aromatic ring is 1. The predicted molar refractivity (Wildman–Crippen MR) is 80.3 cm³/mol. The molecule has 0 saturated heterocycles. The number of pyridine rings is 1. The fraction of sp³-hybridized carbons (Fsp3) is 0. The topological polar surface area (TPSA) is 107 Å². The third kappa shape index (κ3) is 1.71. The molecule has 0 bridgehead atoms. The molecule has 4 N–H and O–H groups in total. The lowest BCUT2D eigenvalue weighted by Crippen LogP contribution is -1.92. The van der Waals surface area contributed by atoms with E-state index in [1.54, 1.807) is 18.2 Å². The molecule has 0 saturated carbocycles. The molecule has 1 aromatic carbocycles. The molecule has 0 amide bonds. The minimum atomic E-state index is -0.472. The van der Waals surface area contributed by atoms with Gasteiger partial charge in [-0.15, -0.1) is 0 Å². The molecule has 3 heterocycles. The molecule has 0 atom stereocenters. The van der Waals surface area contributed by atoms with Gasteiger partial charge in [-0.3, -0.25) is 0 Å². The second kappa shape index (κ2) is 4.30. The van der Waals surface area contributed by atoms with Crippen LogP contribution in [-0.2, 0) is 0 Å². The Morgan fingerprint density at radius 1 is 1.23 bits per heavy atom. The number of anilines is 1. The van der Waals surface area contributed by atoms with Gasteiger partial charge in [0.2, 0.25) is 0 Å². The van der Waals surface area contributed by atoms with E-state index >= 15 is 0 Å². The SMILES string of the molecule is N#Cc1cc(F)c2[nH]c(-c3cc(N)nc4[nH]cnc34)cc2c1. The fourth-order valence-electron chi connectivity index (χ4n) is 2.56. The van der Waals surface area contributed by atoms with Crippen LogP contribution in [0.1, 0.15) is 5.56 Å². The van der Waals surface area contributed by atoms with E-state index in [-0.39, 0.29) is 5.56 Å². The maximum Gasteiger partial charge on any atom is 0.160 e. The molecule has 0 unspecified atom stereocenters. The number of rotatable bonds is 1. The number of nitrogens with two attached hydrogens (primary N) is 1. The van der Waals surface area contributed by atoms with Crippen LogP contribution >= 0.6 is 0 Å². The number of H-pyrrole nitrogens is 2. The van der Waals surface area contributed by atoms with Crippen LogP contribution in [0, 0.1) is 17.1 Å². The van der Waals surface area contributed by atoms with Gasteiger partial charge in [-0.05, 0) is 24.3 Å². The second-order valence-corrected chi connectivity index (χ2v) is 4.91. The first kappa shape index (κ1) is 12.3. The summed E-state index contributed by atoms with van der Waals surface area (Å²) in [5.74, 6) is -0.135. The molecule has 0 radical (unpaired) electrons. The highest BCUT2D eigenvalue weighted by Gasteiger charge is 2.14. The molecule has 22 heavy (non-hydrogen) atoms. The maximum atomic E-state index is 14.1. The maximum absolute atomic E-state index is 14.1. The van der Waals surface area contributed by atoms with Crippen molar-refractivity contribution in [2.24, 2.45) is 0 Å². The first-order chi connectivity index (χ1) is 10.7. The quantitative estimate of drug-likeness (QED) is 0.501. The monoisotopic (exact) mass is 292 g/mol. The number of nitrogens with zero attached hydrogens (tertiary/aromatic N) is 3. The summed E-state index contributed by atoms with van der Waals surface area (Å²) in [6.07, 6.45) is 1.53. The molecule has 3 aromatic heterocycles. The number of hydrogen-bond acceptors (Lipinski definition) is 4. The van der Waals surface area contributed by atoms with Gasteiger partial charge in [-0.25, -0.2) is 14.4 Å². The number of nitriles is 1. The van der Waals surface area contributed by atoms with Crippen LogP contribution in [0.15, 0.2) is 30.6 Å². The molecular formula is C15H9FN6. The van der Waals surface area contributed by atoms with E-state index in [0.29, 0.717) is 33.6 Å². The first-order valence-corrected chi connectivity index (χ1v) is 6.48. The van der Waals surface area contributed by atoms with Gasteiger partial charge in [-0.2, -0.15) is 5.26 Å². The Kier molecular flexibility index (Phi) is 2.41. The summed E-state index contributed by atoms with van der Waals surface area (Å²) >= 11 is 0. The van der Waals surface area contributed by atoms with Gasteiger partial charge in [0.05, 0.1) is 23.5 Å². The Bertz CT molecular complexity index is 1070. The van der Waals surface area contributed by atoms with Crippen molar-refractivity contribution in [2.45, 2.75) is 0 Å². The number of hydrogen-bond donors (Lipinski definition) is 3. The van der Waals surface area contributed by atoms with Crippen molar-refractivity contribution in [3.63, 3.8) is 0 Å². The highest BCUT2D eigenvalue weighted by atomic mass is 19.1. The van der Waals surface area contributed by atoms with E-state index < -0.39 is 5.82 Å². The van der Waals surface area contributed by atoms with Gasteiger partial charge in [0, 0.05) is 16.6 Å². The molecule has 0 aliphatic carbocycles. The third-order valence-corrected chi connectivity index (χ3v) is 3.51. The summed E-state index contributed by atoms with van der Waals surface area (Å²) in [7, 11) is 0. The summed E-state index contributed by atoms with van der Waals surface area (Å²) in [5.41, 5.74) is 9.00. The molecule has 6 nitrogen and oxygen atoms in total. The zero-order valence-electron chi connectivity index (χ0n) is 11.2. The normalized spacial score (nSPS) is 11.1. The number of nitrogens with one attached hydrogen (secondary N) is 2. The number of aromatic nitrogens is 4. The summed E-state index contributed by atoms with van der Waals surface area (Å²) in [6.45, 7) is 0. The van der Waals surface area contributed by atoms with Crippen molar-refractivity contribution in [3.05, 3.63) is 42.0 Å². The lowest BCUT2D eigenvalue weighted by atomic mass is 10.1. The molecule has 0 aliphatic rings. The van der Waals surface area contributed by atoms with Gasteiger partial charge in [-0.1, -0.05) is 0 Å². The van der Waals surface area contributed by atoms with Gasteiger partial charge in [0.25, 0.3) is 0 Å². The van der Waals surface area contributed by atoms with Crippen molar-refractivity contribution in [1.82, 2.24) is 19.9 Å². The average Bonchev–Trinajstić information content (AvgIpc) is 3.12. The van der Waals surface area contributed by atoms with Crippen LogP contribution in [0.5, 0.6) is 0 Å². The van der Waals surface area contributed by atoms with Crippen LogP contribution in [-0.4, -0.2) is 19.9 Å². The number of fused-ring (bicyclic) bond motifs is 2. The Morgan fingerprint density at radius 3 is 2.91 bits per heavy atom. The lowest BCUT2D eigenvalue weighted by molar-refractivity contribution is 0.637. The van der Waals surface area contributed by atoms with Crippen molar-refractivity contribution in [3.8, 4) is 17.3 Å². The van der Waals surface area contributed by atoms with Crippen LogP contribution in [0.2, 0.25) is 0 Å². The summed E-state index contributed by atoms with van der Waals surface area (Å²) in [4.78, 5) is 14.3. The van der Waals surface area contributed by atoms with Crippen LogP contribution in [0.25, 0.3) is 33.3 Å². The van der Waals surface area contributed by atoms with Gasteiger partial charge < -0.3 is 15.7 Å². The smallest absolute Gasteiger partial charge is 0.160 e. The second-order valence-electron chi connectivity index (χ2n) is 4.91. The lowest BCUT2D eigenvalue weighted by Gasteiger charge is -2.01. The number of aromatic amines is 2. The molecule has 4 aromatic rings. The number of benzene rings is 1. The van der Waals surface area contributed by atoms with Crippen molar-refractivity contribution in [1.29, 1.82) is 5.26 Å². The van der Waals surface area contributed by atoms with Crippen molar-refractivity contribution >= 4 is 27.9 Å². The van der Waals surface area contributed by atoms with Crippen LogP contribution in [0.3, 0.4) is 0 Å². The Morgan fingerprint density at radius 2 is 2.09 bits per heavy atom. The van der Waals surface area contributed by atoms with Crippen LogP contribution < -0.4 is 5.73 Å². The third-order valence-electron chi connectivity index (χ3n) is 3.51. The van der Waals surface area contributed by atoms with Crippen molar-refractivity contribution in [2.75, 3.05) is 5.73 Å². The number of imidazole rings is 1. The Hall–Kier alpha value is -3.40. The van der Waals surface area contributed by atoms with E-state index in [0.717, 1.165) is 5.56 Å². The first-order valence-electron chi connectivity index (χ1n) is 6.48. The van der Waals surface area contributed by atoms with E-state index in [9.17, 15) is 4.39 Å². The predicted octanol–water partition coefficient (Wildman–Crippen LogP) is 2.70. The molecule has 0 fully saturated rings. The molecule has 7 heteroatoms. The molecule has 0 spiro atoms. The largest absolute Gasteiger partial charge is 0.384 e. The summed E-state index contributed by atoms with van der Waals surface area (Å²) in [5, 5.41) is 9.55. The highest BCUT2D eigenvalue weighted by molar-refractivity contribution is 5.95. The van der Waals surface area contributed by atoms with E-state index in [4.69, 9.17) is 11.0 Å². The van der Waals surface area contributed by atoms with Crippen molar-refractivity contribution < 1.29 is 4.39 Å².